The average molecular weight is 488 g/mol. The Morgan fingerprint density at radius 1 is 1.07 bits per heavy atom. The first-order valence-electron chi connectivity index (χ1n) is 8.78. The molecule has 3 aromatic rings. The molecule has 0 unspecified atom stereocenters. The molecule has 0 aromatic heterocycles. The van der Waals surface area contributed by atoms with Crippen molar-refractivity contribution in [1.82, 2.24) is 5.43 Å². The summed E-state index contributed by atoms with van der Waals surface area (Å²) in [6.45, 7) is 0. The molecule has 0 radical (unpaired) electrons. The van der Waals surface area contributed by atoms with E-state index in [1.807, 2.05) is 0 Å². The molecule has 1 atom stereocenters. The van der Waals surface area contributed by atoms with E-state index in [1.165, 1.54) is 6.21 Å². The van der Waals surface area contributed by atoms with Gasteiger partial charge in [-0.1, -0.05) is 70.0 Å². The van der Waals surface area contributed by atoms with E-state index in [9.17, 15) is 14.7 Å². The van der Waals surface area contributed by atoms with Crippen molar-refractivity contribution in [2.45, 2.75) is 6.10 Å². The van der Waals surface area contributed by atoms with Gasteiger partial charge in [-0.2, -0.15) is 5.10 Å². The van der Waals surface area contributed by atoms with Crippen LogP contribution in [0.5, 0.6) is 5.75 Å². The van der Waals surface area contributed by atoms with Crippen LogP contribution in [-0.2, 0) is 4.79 Å². The van der Waals surface area contributed by atoms with Crippen molar-refractivity contribution in [3.8, 4) is 5.75 Å². The second kappa shape index (κ2) is 10.2. The van der Waals surface area contributed by atoms with Crippen LogP contribution in [0.2, 0.25) is 5.02 Å². The summed E-state index contributed by atoms with van der Waals surface area (Å²) >= 11 is 9.39. The second-order valence-corrected chi connectivity index (χ2v) is 7.42. The molecular formula is C22H16BrClN2O4. The van der Waals surface area contributed by atoms with Crippen LogP contribution in [0.25, 0.3) is 0 Å². The molecule has 0 aliphatic carbocycles. The molecule has 0 fully saturated rings. The lowest BCUT2D eigenvalue weighted by Gasteiger charge is -2.10. The fourth-order valence-corrected chi connectivity index (χ4v) is 3.10. The smallest absolute Gasteiger partial charge is 0.345 e. The molecule has 0 aliphatic heterocycles. The minimum Gasteiger partial charge on any atom is -0.422 e. The van der Waals surface area contributed by atoms with Gasteiger partial charge in [0.25, 0.3) is 5.91 Å². The van der Waals surface area contributed by atoms with Crippen molar-refractivity contribution in [3.63, 3.8) is 0 Å². The number of halogens is 2. The Morgan fingerprint density at radius 3 is 2.50 bits per heavy atom. The molecule has 8 heteroatoms. The first-order valence-corrected chi connectivity index (χ1v) is 9.95. The zero-order valence-electron chi connectivity index (χ0n) is 15.5. The van der Waals surface area contributed by atoms with E-state index in [1.54, 1.807) is 72.8 Å². The summed E-state index contributed by atoms with van der Waals surface area (Å²) in [6, 6.07) is 20.0. The number of benzene rings is 3. The van der Waals surface area contributed by atoms with Gasteiger partial charge in [0.1, 0.15) is 5.75 Å². The minimum atomic E-state index is -1.36. The topological polar surface area (TPSA) is 88.0 Å². The SMILES string of the molecule is O=C(Oc1ccc(Br)cc1/C=N\NC(=O)[C@H](O)c1ccccc1)c1ccccc1Cl. The van der Waals surface area contributed by atoms with Crippen LogP contribution < -0.4 is 10.2 Å². The maximum atomic E-state index is 12.4. The summed E-state index contributed by atoms with van der Waals surface area (Å²) in [5.41, 5.74) is 3.38. The molecule has 0 bridgehead atoms. The van der Waals surface area contributed by atoms with E-state index in [-0.39, 0.29) is 16.3 Å². The molecule has 6 nitrogen and oxygen atoms in total. The number of amides is 1. The number of carbonyl (C=O) groups is 2. The van der Waals surface area contributed by atoms with Crippen molar-refractivity contribution in [2.75, 3.05) is 0 Å². The van der Waals surface area contributed by atoms with Gasteiger partial charge in [-0.05, 0) is 35.9 Å². The summed E-state index contributed by atoms with van der Waals surface area (Å²) in [7, 11) is 0. The van der Waals surface area contributed by atoms with Crippen LogP contribution in [-0.4, -0.2) is 23.2 Å². The Morgan fingerprint density at radius 2 is 1.77 bits per heavy atom. The first kappa shape index (κ1) is 21.7. The summed E-state index contributed by atoms with van der Waals surface area (Å²) in [4.78, 5) is 24.5. The van der Waals surface area contributed by atoms with Crippen molar-refractivity contribution >= 4 is 45.6 Å². The number of rotatable bonds is 6. The van der Waals surface area contributed by atoms with Gasteiger partial charge in [0.15, 0.2) is 6.10 Å². The lowest BCUT2D eigenvalue weighted by atomic mass is 10.1. The minimum absolute atomic E-state index is 0.226. The van der Waals surface area contributed by atoms with Gasteiger partial charge < -0.3 is 9.84 Å². The number of hydrogen-bond donors (Lipinski definition) is 2. The highest BCUT2D eigenvalue weighted by atomic mass is 79.9. The van der Waals surface area contributed by atoms with Crippen molar-refractivity contribution in [3.05, 3.63) is 99.0 Å². The quantitative estimate of drug-likeness (QED) is 0.232. The highest BCUT2D eigenvalue weighted by Crippen LogP contribution is 2.24. The fraction of sp³-hybridized carbons (Fsp3) is 0.0455. The molecule has 0 aliphatic rings. The number of esters is 1. The largest absolute Gasteiger partial charge is 0.422 e. The predicted octanol–water partition coefficient (Wildman–Crippen LogP) is 4.51. The second-order valence-electron chi connectivity index (χ2n) is 6.10. The first-order chi connectivity index (χ1) is 14.5. The molecule has 0 saturated heterocycles. The number of aliphatic hydroxyl groups is 1. The predicted molar refractivity (Wildman–Crippen MR) is 118 cm³/mol. The Kier molecular flexibility index (Phi) is 7.35. The van der Waals surface area contributed by atoms with Crippen LogP contribution in [0.4, 0.5) is 0 Å². The molecule has 0 saturated carbocycles. The molecule has 2 N–H and O–H groups in total. The van der Waals surface area contributed by atoms with Gasteiger partial charge in [-0.15, -0.1) is 0 Å². The van der Waals surface area contributed by atoms with Crippen molar-refractivity contribution in [2.24, 2.45) is 5.10 Å². The van der Waals surface area contributed by atoms with Crippen molar-refractivity contribution < 1.29 is 19.4 Å². The average Bonchev–Trinajstić information content (AvgIpc) is 2.75. The van der Waals surface area contributed by atoms with Crippen LogP contribution in [0, 0.1) is 0 Å². The van der Waals surface area contributed by atoms with E-state index in [4.69, 9.17) is 16.3 Å². The third-order valence-corrected chi connectivity index (χ3v) is 4.83. The third kappa shape index (κ3) is 5.54. The third-order valence-electron chi connectivity index (χ3n) is 4.01. The van der Waals surface area contributed by atoms with Gasteiger partial charge in [0.2, 0.25) is 0 Å². The van der Waals surface area contributed by atoms with Crippen LogP contribution in [0.3, 0.4) is 0 Å². The Bertz CT molecular complexity index is 1090. The Labute approximate surface area is 186 Å². The maximum absolute atomic E-state index is 12.4. The van der Waals surface area contributed by atoms with Gasteiger partial charge in [-0.25, -0.2) is 10.2 Å². The molecule has 0 heterocycles. The van der Waals surface area contributed by atoms with Gasteiger partial charge >= 0.3 is 5.97 Å². The van der Waals surface area contributed by atoms with Crippen LogP contribution in [0.1, 0.15) is 27.6 Å². The van der Waals surface area contributed by atoms with Crippen LogP contribution in [0.15, 0.2) is 82.4 Å². The maximum Gasteiger partial charge on any atom is 0.345 e. The molecule has 1 amide bonds. The monoisotopic (exact) mass is 486 g/mol. The summed E-state index contributed by atoms with van der Waals surface area (Å²) in [5, 5.41) is 14.2. The number of hydrogen-bond acceptors (Lipinski definition) is 5. The molecule has 30 heavy (non-hydrogen) atoms. The molecule has 152 valence electrons. The van der Waals surface area contributed by atoms with E-state index in [0.717, 1.165) is 4.47 Å². The zero-order valence-corrected chi connectivity index (χ0v) is 17.8. The summed E-state index contributed by atoms with van der Waals surface area (Å²) in [6.07, 6.45) is -0.0429. The lowest BCUT2D eigenvalue weighted by molar-refractivity contribution is -0.129. The highest BCUT2D eigenvalue weighted by Gasteiger charge is 2.17. The number of hydrazone groups is 1. The number of nitrogens with one attached hydrogen (secondary N) is 1. The molecule has 3 aromatic carbocycles. The van der Waals surface area contributed by atoms with Gasteiger partial charge in [0, 0.05) is 10.0 Å². The zero-order chi connectivity index (χ0) is 21.5. The Balaban J connectivity index is 1.73. The number of nitrogens with zero attached hydrogens (tertiary/aromatic N) is 1. The molecule has 3 rings (SSSR count). The van der Waals surface area contributed by atoms with E-state index >= 15 is 0 Å². The van der Waals surface area contributed by atoms with Gasteiger partial charge in [-0.3, -0.25) is 4.79 Å². The standard InChI is InChI=1S/C22H16BrClN2O4/c23-16-10-11-19(30-22(29)17-8-4-5-9-18(17)24)15(12-16)13-25-26-21(28)20(27)14-6-2-1-3-7-14/h1-13,20,27H,(H,26,28)/b25-13-/t20-/m1/s1. The number of aliphatic hydroxyl groups excluding tert-OH is 1. The fourth-order valence-electron chi connectivity index (χ4n) is 2.51. The summed E-state index contributed by atoms with van der Waals surface area (Å²) < 4.78 is 6.16. The van der Waals surface area contributed by atoms with E-state index in [2.05, 4.69) is 26.5 Å². The molecule has 0 spiro atoms. The Hall–Kier alpha value is -3.00. The van der Waals surface area contributed by atoms with E-state index in [0.29, 0.717) is 11.1 Å². The lowest BCUT2D eigenvalue weighted by Crippen LogP contribution is -2.25. The summed E-state index contributed by atoms with van der Waals surface area (Å²) in [5.74, 6) is -1.09. The van der Waals surface area contributed by atoms with Crippen molar-refractivity contribution in [1.29, 1.82) is 0 Å². The number of ether oxygens (including phenoxy) is 1. The highest BCUT2D eigenvalue weighted by molar-refractivity contribution is 9.10. The van der Waals surface area contributed by atoms with Crippen LogP contribution >= 0.6 is 27.5 Å². The van der Waals surface area contributed by atoms with E-state index < -0.39 is 18.0 Å². The van der Waals surface area contributed by atoms with Gasteiger partial charge in [0.05, 0.1) is 16.8 Å². The molecular weight excluding hydrogens is 472 g/mol. The number of carbonyl (C=O) groups excluding carboxylic acids is 2. The normalized spacial score (nSPS) is 11.8.